The summed E-state index contributed by atoms with van der Waals surface area (Å²) < 4.78 is 1.56. The molecular formula is C19H28N6O2. The Balaban J connectivity index is 2.18. The van der Waals surface area contributed by atoms with Crippen LogP contribution in [0.2, 0.25) is 0 Å². The summed E-state index contributed by atoms with van der Waals surface area (Å²) in [6.07, 6.45) is 1.49. The summed E-state index contributed by atoms with van der Waals surface area (Å²) in [6, 6.07) is 4.96. The zero-order valence-electron chi connectivity index (χ0n) is 17.0. The number of hydrogen-bond donors (Lipinski definition) is 3. The first-order chi connectivity index (χ1) is 12.4. The van der Waals surface area contributed by atoms with Crippen LogP contribution in [0, 0.1) is 0 Å². The van der Waals surface area contributed by atoms with Crippen LogP contribution in [-0.4, -0.2) is 39.3 Å². The van der Waals surface area contributed by atoms with E-state index in [1.54, 1.807) is 37.0 Å². The highest BCUT2D eigenvalue weighted by Gasteiger charge is 2.22. The lowest BCUT2D eigenvalue weighted by atomic mass is 9.92. The Kier molecular flexibility index (Phi) is 5.70. The second-order valence-corrected chi connectivity index (χ2v) is 8.00. The van der Waals surface area contributed by atoms with E-state index in [1.807, 2.05) is 34.6 Å². The normalized spacial score (nSPS) is 12.0. The number of rotatable bonds is 5. The molecule has 0 aliphatic heterocycles. The molecule has 0 atom stereocenters. The number of carbonyl (C=O) groups is 2. The van der Waals surface area contributed by atoms with E-state index in [0.717, 1.165) is 5.69 Å². The van der Waals surface area contributed by atoms with Crippen LogP contribution < -0.4 is 16.0 Å². The van der Waals surface area contributed by atoms with Gasteiger partial charge >= 0.3 is 0 Å². The predicted molar refractivity (Wildman–Crippen MR) is 105 cm³/mol. The highest BCUT2D eigenvalue weighted by Crippen LogP contribution is 2.22. The summed E-state index contributed by atoms with van der Waals surface area (Å²) in [7, 11) is 3.49. The standard InChI is InChI=1S/C19H28N6O2/c1-18(2,3)15-11-14(25(7)24-15)17(27)22-12-8-9-21-13(10-12)16(26)23-19(4,5)20-6/h8-11,20H,1-7H3,(H,23,26)(H,21,22,27). The minimum absolute atomic E-state index is 0.154. The third-order valence-corrected chi connectivity index (χ3v) is 4.18. The Labute approximate surface area is 159 Å². The number of carbonyl (C=O) groups excluding carboxylic acids is 2. The highest BCUT2D eigenvalue weighted by molar-refractivity contribution is 6.04. The molecule has 0 aliphatic rings. The van der Waals surface area contributed by atoms with Crippen molar-refractivity contribution in [2.45, 2.75) is 45.7 Å². The van der Waals surface area contributed by atoms with Crippen LogP contribution in [0.1, 0.15) is 61.3 Å². The summed E-state index contributed by atoms with van der Waals surface area (Å²) in [5, 5.41) is 13.0. The number of aromatic nitrogens is 3. The van der Waals surface area contributed by atoms with E-state index in [9.17, 15) is 9.59 Å². The molecule has 8 heteroatoms. The number of amides is 2. The zero-order chi connectivity index (χ0) is 20.4. The average molecular weight is 372 g/mol. The molecule has 0 saturated heterocycles. The third-order valence-electron chi connectivity index (χ3n) is 4.18. The van der Waals surface area contributed by atoms with Crippen LogP contribution in [0.15, 0.2) is 24.4 Å². The zero-order valence-corrected chi connectivity index (χ0v) is 17.0. The van der Waals surface area contributed by atoms with Gasteiger partial charge in [0.2, 0.25) is 0 Å². The molecule has 2 rings (SSSR count). The molecule has 0 unspecified atom stereocenters. The summed E-state index contributed by atoms with van der Waals surface area (Å²) in [5.74, 6) is -0.630. The Bertz CT molecular complexity index is 848. The predicted octanol–water partition coefficient (Wildman–Crippen LogP) is 2.05. The van der Waals surface area contributed by atoms with E-state index in [-0.39, 0.29) is 22.9 Å². The van der Waals surface area contributed by atoms with E-state index < -0.39 is 5.66 Å². The maximum absolute atomic E-state index is 12.6. The van der Waals surface area contributed by atoms with Gasteiger partial charge in [-0.1, -0.05) is 20.8 Å². The van der Waals surface area contributed by atoms with E-state index in [1.165, 1.54) is 6.20 Å². The van der Waals surface area contributed by atoms with Crippen molar-refractivity contribution < 1.29 is 9.59 Å². The smallest absolute Gasteiger partial charge is 0.273 e. The van der Waals surface area contributed by atoms with E-state index >= 15 is 0 Å². The summed E-state index contributed by atoms with van der Waals surface area (Å²) in [5.41, 5.74) is 1.25. The molecule has 2 aromatic heterocycles. The molecule has 2 amide bonds. The molecule has 8 nitrogen and oxygen atoms in total. The van der Waals surface area contributed by atoms with E-state index in [2.05, 4.69) is 26.0 Å². The first-order valence-corrected chi connectivity index (χ1v) is 8.76. The fourth-order valence-corrected chi connectivity index (χ4v) is 2.28. The topological polar surface area (TPSA) is 101 Å². The van der Waals surface area contributed by atoms with Gasteiger partial charge in [0.1, 0.15) is 11.4 Å². The van der Waals surface area contributed by atoms with Gasteiger partial charge in [0.25, 0.3) is 11.8 Å². The molecule has 0 aliphatic carbocycles. The van der Waals surface area contributed by atoms with E-state index in [4.69, 9.17) is 0 Å². The molecule has 0 bridgehead atoms. The van der Waals surface area contributed by atoms with Crippen molar-refractivity contribution in [2.75, 3.05) is 12.4 Å². The molecule has 27 heavy (non-hydrogen) atoms. The molecule has 146 valence electrons. The van der Waals surface area contributed by atoms with Crippen LogP contribution in [0.3, 0.4) is 0 Å². The maximum Gasteiger partial charge on any atom is 0.273 e. The molecule has 0 radical (unpaired) electrons. The fourth-order valence-electron chi connectivity index (χ4n) is 2.28. The molecule has 2 aromatic rings. The van der Waals surface area contributed by atoms with Crippen LogP contribution in [-0.2, 0) is 12.5 Å². The fraction of sp³-hybridized carbons (Fsp3) is 0.474. The van der Waals surface area contributed by atoms with Crippen molar-refractivity contribution in [1.29, 1.82) is 0 Å². The summed E-state index contributed by atoms with van der Waals surface area (Å²) in [4.78, 5) is 29.1. The second-order valence-electron chi connectivity index (χ2n) is 8.00. The Morgan fingerprint density at radius 3 is 2.30 bits per heavy atom. The Morgan fingerprint density at radius 2 is 1.74 bits per heavy atom. The Hall–Kier alpha value is -2.74. The number of nitrogens with one attached hydrogen (secondary N) is 3. The molecular weight excluding hydrogens is 344 g/mol. The average Bonchev–Trinajstić information content (AvgIpc) is 2.97. The van der Waals surface area contributed by atoms with Gasteiger partial charge in [0.15, 0.2) is 0 Å². The lowest BCUT2D eigenvalue weighted by Gasteiger charge is -2.25. The molecule has 0 saturated carbocycles. The van der Waals surface area contributed by atoms with Crippen molar-refractivity contribution >= 4 is 17.5 Å². The van der Waals surface area contributed by atoms with Gasteiger partial charge in [-0.2, -0.15) is 5.10 Å². The van der Waals surface area contributed by atoms with Crippen LogP contribution in [0.25, 0.3) is 0 Å². The van der Waals surface area contributed by atoms with Gasteiger partial charge in [-0.05, 0) is 39.1 Å². The minimum atomic E-state index is -0.573. The van der Waals surface area contributed by atoms with Crippen LogP contribution >= 0.6 is 0 Å². The quantitative estimate of drug-likeness (QED) is 0.698. The maximum atomic E-state index is 12.6. The van der Waals surface area contributed by atoms with Crippen molar-refractivity contribution in [3.63, 3.8) is 0 Å². The van der Waals surface area contributed by atoms with Gasteiger partial charge in [-0.15, -0.1) is 0 Å². The van der Waals surface area contributed by atoms with Gasteiger partial charge in [-0.3, -0.25) is 24.6 Å². The van der Waals surface area contributed by atoms with Crippen molar-refractivity contribution in [3.8, 4) is 0 Å². The first-order valence-electron chi connectivity index (χ1n) is 8.76. The number of anilines is 1. The summed E-state index contributed by atoms with van der Waals surface area (Å²) in [6.45, 7) is 9.80. The monoisotopic (exact) mass is 372 g/mol. The van der Waals surface area contributed by atoms with Gasteiger partial charge in [0, 0.05) is 24.3 Å². The lowest BCUT2D eigenvalue weighted by Crippen LogP contribution is -2.52. The highest BCUT2D eigenvalue weighted by atomic mass is 16.2. The minimum Gasteiger partial charge on any atom is -0.333 e. The van der Waals surface area contributed by atoms with Crippen LogP contribution in [0.5, 0.6) is 0 Å². The largest absolute Gasteiger partial charge is 0.333 e. The summed E-state index contributed by atoms with van der Waals surface area (Å²) >= 11 is 0. The molecule has 3 N–H and O–H groups in total. The molecule has 0 aromatic carbocycles. The van der Waals surface area contributed by atoms with Gasteiger partial charge in [-0.25, -0.2) is 0 Å². The number of pyridine rings is 1. The molecule has 2 heterocycles. The van der Waals surface area contributed by atoms with Gasteiger partial charge in [0.05, 0.1) is 11.4 Å². The SMILES string of the molecule is CNC(C)(C)NC(=O)c1cc(NC(=O)c2cc(C(C)(C)C)nn2C)ccn1. The number of aryl methyl sites for hydroxylation is 1. The van der Waals surface area contributed by atoms with Crippen molar-refractivity contribution in [2.24, 2.45) is 7.05 Å². The van der Waals surface area contributed by atoms with Crippen molar-refractivity contribution in [1.82, 2.24) is 25.4 Å². The lowest BCUT2D eigenvalue weighted by molar-refractivity contribution is 0.0895. The van der Waals surface area contributed by atoms with Crippen molar-refractivity contribution in [3.05, 3.63) is 41.5 Å². The molecule has 0 fully saturated rings. The van der Waals surface area contributed by atoms with Crippen LogP contribution in [0.4, 0.5) is 5.69 Å². The number of hydrogen-bond acceptors (Lipinski definition) is 5. The third kappa shape index (κ3) is 5.13. The number of nitrogens with zero attached hydrogens (tertiary/aromatic N) is 3. The van der Waals surface area contributed by atoms with E-state index in [0.29, 0.717) is 11.4 Å². The Morgan fingerprint density at radius 1 is 1.07 bits per heavy atom. The van der Waals surface area contributed by atoms with Gasteiger partial charge < -0.3 is 10.6 Å². The second kappa shape index (κ2) is 7.48. The molecule has 0 spiro atoms. The first kappa shape index (κ1) is 20.6.